The minimum atomic E-state index is -4.24. The van der Waals surface area contributed by atoms with Gasteiger partial charge >= 0.3 is 0 Å². The van der Waals surface area contributed by atoms with E-state index in [1.165, 1.54) is 44.6 Å². The summed E-state index contributed by atoms with van der Waals surface area (Å²) in [6.07, 6.45) is 0. The third kappa shape index (κ3) is 5.37. The third-order valence-corrected chi connectivity index (χ3v) is 7.07. The lowest BCUT2D eigenvalue weighted by molar-refractivity contribution is -0.114. The molecule has 0 unspecified atom stereocenters. The van der Waals surface area contributed by atoms with Gasteiger partial charge in [-0.25, -0.2) is 12.8 Å². The standard InChI is InChI=1S/C23H22ClFN2O5S/c1-15-19(24)5-4-6-20(15)26-23(28)14-27(17-9-7-16(25)8-10-17)33(29,30)18-11-12-21(31-2)22(13-18)32-3/h4-13H,14H2,1-3H3,(H,26,28). The quantitative estimate of drug-likeness (QED) is 0.495. The van der Waals surface area contributed by atoms with Gasteiger partial charge in [-0.15, -0.1) is 0 Å². The molecular weight excluding hydrogens is 471 g/mol. The number of nitrogens with one attached hydrogen (secondary N) is 1. The second-order valence-corrected chi connectivity index (χ2v) is 9.23. The van der Waals surface area contributed by atoms with E-state index in [1.54, 1.807) is 25.1 Å². The summed E-state index contributed by atoms with van der Waals surface area (Å²) in [6.45, 7) is 1.17. The molecule has 0 aliphatic heterocycles. The first-order valence-electron chi connectivity index (χ1n) is 9.72. The minimum absolute atomic E-state index is 0.115. The molecule has 0 aliphatic rings. The Bertz CT molecular complexity index is 1270. The van der Waals surface area contributed by atoms with Gasteiger partial charge in [0.25, 0.3) is 10.0 Å². The highest BCUT2D eigenvalue weighted by Crippen LogP contribution is 2.32. The topological polar surface area (TPSA) is 84.9 Å². The number of anilines is 2. The Balaban J connectivity index is 2.00. The maximum Gasteiger partial charge on any atom is 0.264 e. The molecule has 0 atom stereocenters. The van der Waals surface area contributed by atoms with Crippen LogP contribution in [0, 0.1) is 12.7 Å². The fraction of sp³-hybridized carbons (Fsp3) is 0.174. The van der Waals surface area contributed by atoms with Gasteiger partial charge in [0, 0.05) is 16.8 Å². The highest BCUT2D eigenvalue weighted by molar-refractivity contribution is 7.92. The zero-order chi connectivity index (χ0) is 24.2. The highest BCUT2D eigenvalue weighted by atomic mass is 35.5. The van der Waals surface area contributed by atoms with E-state index in [-0.39, 0.29) is 16.3 Å². The Kier molecular flexibility index (Phi) is 7.45. The van der Waals surface area contributed by atoms with Gasteiger partial charge in [-0.3, -0.25) is 9.10 Å². The average molecular weight is 493 g/mol. The highest BCUT2D eigenvalue weighted by Gasteiger charge is 2.28. The molecule has 174 valence electrons. The van der Waals surface area contributed by atoms with E-state index in [9.17, 15) is 17.6 Å². The number of methoxy groups -OCH3 is 2. The summed E-state index contributed by atoms with van der Waals surface area (Å²) in [5.74, 6) is -0.592. The number of hydrogen-bond acceptors (Lipinski definition) is 5. The normalized spacial score (nSPS) is 11.1. The molecule has 1 N–H and O–H groups in total. The van der Waals surface area contributed by atoms with Crippen molar-refractivity contribution in [2.75, 3.05) is 30.4 Å². The van der Waals surface area contributed by atoms with Crippen molar-refractivity contribution in [1.29, 1.82) is 0 Å². The second-order valence-electron chi connectivity index (χ2n) is 6.97. The molecule has 0 aromatic heterocycles. The molecular formula is C23H22ClFN2O5S. The van der Waals surface area contributed by atoms with Gasteiger partial charge in [-0.05, 0) is 61.0 Å². The van der Waals surface area contributed by atoms with Gasteiger partial charge < -0.3 is 14.8 Å². The van der Waals surface area contributed by atoms with Gasteiger partial charge in [0.2, 0.25) is 5.91 Å². The lowest BCUT2D eigenvalue weighted by Crippen LogP contribution is -2.38. The summed E-state index contributed by atoms with van der Waals surface area (Å²) in [5, 5.41) is 3.14. The van der Waals surface area contributed by atoms with E-state index in [2.05, 4.69) is 5.32 Å². The zero-order valence-corrected chi connectivity index (χ0v) is 19.7. The average Bonchev–Trinajstić information content (AvgIpc) is 2.80. The van der Waals surface area contributed by atoms with Crippen LogP contribution in [-0.2, 0) is 14.8 Å². The van der Waals surface area contributed by atoms with Crippen molar-refractivity contribution in [2.24, 2.45) is 0 Å². The molecule has 0 spiro atoms. The first kappa shape index (κ1) is 24.3. The van der Waals surface area contributed by atoms with Crippen molar-refractivity contribution in [3.05, 3.63) is 77.1 Å². The van der Waals surface area contributed by atoms with Crippen molar-refractivity contribution in [2.45, 2.75) is 11.8 Å². The number of rotatable bonds is 8. The van der Waals surface area contributed by atoms with Crippen molar-refractivity contribution < 1.29 is 27.1 Å². The van der Waals surface area contributed by atoms with Crippen molar-refractivity contribution in [3.63, 3.8) is 0 Å². The molecule has 0 heterocycles. The lowest BCUT2D eigenvalue weighted by atomic mass is 10.2. The molecule has 0 fully saturated rings. The number of nitrogens with zero attached hydrogens (tertiary/aromatic N) is 1. The monoisotopic (exact) mass is 492 g/mol. The number of hydrogen-bond donors (Lipinski definition) is 1. The van der Waals surface area contributed by atoms with Gasteiger partial charge in [0.1, 0.15) is 12.4 Å². The summed E-state index contributed by atoms with van der Waals surface area (Å²) >= 11 is 6.10. The number of carbonyl (C=O) groups is 1. The minimum Gasteiger partial charge on any atom is -0.493 e. The van der Waals surface area contributed by atoms with Crippen LogP contribution in [0.1, 0.15) is 5.56 Å². The van der Waals surface area contributed by atoms with Gasteiger partial charge in [0.15, 0.2) is 11.5 Å². The van der Waals surface area contributed by atoms with Crippen molar-refractivity contribution in [1.82, 2.24) is 0 Å². The van der Waals surface area contributed by atoms with E-state index < -0.39 is 28.3 Å². The Morgan fingerprint density at radius 2 is 1.70 bits per heavy atom. The van der Waals surface area contributed by atoms with E-state index in [1.807, 2.05) is 0 Å². The first-order valence-corrected chi connectivity index (χ1v) is 11.5. The molecule has 0 bridgehead atoms. The van der Waals surface area contributed by atoms with Crippen molar-refractivity contribution >= 4 is 38.9 Å². The molecule has 0 saturated heterocycles. The molecule has 0 saturated carbocycles. The predicted molar refractivity (Wildman–Crippen MR) is 125 cm³/mol. The third-order valence-electron chi connectivity index (χ3n) is 4.89. The molecule has 3 rings (SSSR count). The van der Waals surface area contributed by atoms with Crippen LogP contribution >= 0.6 is 11.6 Å². The first-order chi connectivity index (χ1) is 15.7. The summed E-state index contributed by atoms with van der Waals surface area (Å²) in [6, 6.07) is 13.9. The number of sulfonamides is 1. The number of carbonyl (C=O) groups excluding carboxylic acids is 1. The molecule has 0 radical (unpaired) electrons. The van der Waals surface area contributed by atoms with Crippen LogP contribution in [0.2, 0.25) is 5.02 Å². The molecule has 0 aliphatic carbocycles. The molecule has 1 amide bonds. The van der Waals surface area contributed by atoms with Gasteiger partial charge in [0.05, 0.1) is 24.8 Å². The smallest absolute Gasteiger partial charge is 0.264 e. The van der Waals surface area contributed by atoms with E-state index >= 15 is 0 Å². The Morgan fingerprint density at radius 3 is 2.33 bits per heavy atom. The van der Waals surface area contributed by atoms with Crippen LogP contribution in [0.4, 0.5) is 15.8 Å². The van der Waals surface area contributed by atoms with Gasteiger partial charge in [-0.2, -0.15) is 0 Å². The van der Waals surface area contributed by atoms with Crippen LogP contribution in [-0.4, -0.2) is 35.1 Å². The number of amides is 1. The zero-order valence-electron chi connectivity index (χ0n) is 18.1. The number of benzene rings is 3. The van der Waals surface area contributed by atoms with E-state index in [0.717, 1.165) is 16.4 Å². The maximum absolute atomic E-state index is 13.5. The Morgan fingerprint density at radius 1 is 1.03 bits per heavy atom. The molecule has 33 heavy (non-hydrogen) atoms. The molecule has 10 heteroatoms. The largest absolute Gasteiger partial charge is 0.493 e. The fourth-order valence-electron chi connectivity index (χ4n) is 3.09. The summed E-state index contributed by atoms with van der Waals surface area (Å²) in [7, 11) is -1.43. The Hall–Kier alpha value is -3.30. The maximum atomic E-state index is 13.5. The predicted octanol–water partition coefficient (Wildman–Crippen LogP) is 4.64. The number of ether oxygens (including phenoxy) is 2. The molecule has 7 nitrogen and oxygen atoms in total. The fourth-order valence-corrected chi connectivity index (χ4v) is 4.70. The number of halogens is 2. The van der Waals surface area contributed by atoms with Crippen LogP contribution in [0.15, 0.2) is 65.6 Å². The second kappa shape index (κ2) is 10.1. The molecule has 3 aromatic carbocycles. The lowest BCUT2D eigenvalue weighted by Gasteiger charge is -2.24. The van der Waals surface area contributed by atoms with Gasteiger partial charge in [-0.1, -0.05) is 17.7 Å². The van der Waals surface area contributed by atoms with Crippen LogP contribution < -0.4 is 19.1 Å². The molecule has 3 aromatic rings. The Labute approximate surface area is 196 Å². The van der Waals surface area contributed by atoms with Crippen molar-refractivity contribution in [3.8, 4) is 11.5 Å². The SMILES string of the molecule is COc1ccc(S(=O)(=O)N(CC(=O)Nc2cccc(Cl)c2C)c2ccc(F)cc2)cc1OC. The van der Waals surface area contributed by atoms with Crippen LogP contribution in [0.5, 0.6) is 11.5 Å². The summed E-state index contributed by atoms with van der Waals surface area (Å²) < 4.78 is 51.8. The van der Waals surface area contributed by atoms with E-state index in [4.69, 9.17) is 21.1 Å². The van der Waals surface area contributed by atoms with Crippen LogP contribution in [0.3, 0.4) is 0 Å². The summed E-state index contributed by atoms with van der Waals surface area (Å²) in [4.78, 5) is 12.7. The van der Waals surface area contributed by atoms with E-state index in [0.29, 0.717) is 22.0 Å². The van der Waals surface area contributed by atoms with Crippen LogP contribution in [0.25, 0.3) is 0 Å². The summed E-state index contributed by atoms with van der Waals surface area (Å²) in [5.41, 5.74) is 1.21.